The second kappa shape index (κ2) is 6.31. The van der Waals surface area contributed by atoms with Crippen molar-refractivity contribution in [1.29, 1.82) is 0 Å². The Labute approximate surface area is 129 Å². The first-order chi connectivity index (χ1) is 10.8. The SMILES string of the molecule is COc1cccc(NC(=O)Cc2cccc3ccccc23)c1. The molecule has 3 aromatic carbocycles. The third kappa shape index (κ3) is 3.09. The van der Waals surface area contributed by atoms with Gasteiger partial charge in [0.25, 0.3) is 0 Å². The molecule has 0 atom stereocenters. The normalized spacial score (nSPS) is 10.4. The molecule has 1 amide bonds. The van der Waals surface area contributed by atoms with Gasteiger partial charge in [-0.1, -0.05) is 48.5 Å². The lowest BCUT2D eigenvalue weighted by Crippen LogP contribution is -2.14. The highest BCUT2D eigenvalue weighted by atomic mass is 16.5. The summed E-state index contributed by atoms with van der Waals surface area (Å²) in [5.41, 5.74) is 1.77. The van der Waals surface area contributed by atoms with Crippen LogP contribution in [0, 0.1) is 0 Å². The monoisotopic (exact) mass is 291 g/mol. The Morgan fingerprint density at radius 1 is 1.00 bits per heavy atom. The van der Waals surface area contributed by atoms with E-state index in [0.29, 0.717) is 6.42 Å². The van der Waals surface area contributed by atoms with E-state index in [1.165, 1.54) is 0 Å². The van der Waals surface area contributed by atoms with E-state index in [2.05, 4.69) is 17.4 Å². The zero-order chi connectivity index (χ0) is 15.4. The Hall–Kier alpha value is -2.81. The Morgan fingerprint density at radius 2 is 1.77 bits per heavy atom. The van der Waals surface area contributed by atoms with Crippen molar-refractivity contribution in [3.8, 4) is 5.75 Å². The van der Waals surface area contributed by atoms with Crippen LogP contribution in [0.3, 0.4) is 0 Å². The second-order valence-corrected chi connectivity index (χ2v) is 5.10. The van der Waals surface area contributed by atoms with Gasteiger partial charge in [0, 0.05) is 11.8 Å². The summed E-state index contributed by atoms with van der Waals surface area (Å²) < 4.78 is 5.16. The zero-order valence-electron chi connectivity index (χ0n) is 12.4. The Morgan fingerprint density at radius 3 is 2.64 bits per heavy atom. The Balaban J connectivity index is 1.78. The van der Waals surface area contributed by atoms with Gasteiger partial charge in [0.2, 0.25) is 5.91 Å². The largest absolute Gasteiger partial charge is 0.497 e. The molecule has 0 unspecified atom stereocenters. The van der Waals surface area contributed by atoms with Crippen LogP contribution in [-0.2, 0) is 11.2 Å². The highest BCUT2D eigenvalue weighted by Gasteiger charge is 2.07. The number of hydrogen-bond donors (Lipinski definition) is 1. The van der Waals surface area contributed by atoms with E-state index in [1.54, 1.807) is 13.2 Å². The molecule has 3 nitrogen and oxygen atoms in total. The summed E-state index contributed by atoms with van der Waals surface area (Å²) in [5.74, 6) is 0.688. The van der Waals surface area contributed by atoms with Crippen molar-refractivity contribution in [3.63, 3.8) is 0 Å². The Kier molecular flexibility index (Phi) is 4.05. The van der Waals surface area contributed by atoms with E-state index in [-0.39, 0.29) is 5.91 Å². The molecule has 0 saturated heterocycles. The molecule has 0 saturated carbocycles. The van der Waals surface area contributed by atoms with Crippen molar-refractivity contribution in [2.45, 2.75) is 6.42 Å². The third-order valence-electron chi connectivity index (χ3n) is 3.58. The smallest absolute Gasteiger partial charge is 0.228 e. The van der Waals surface area contributed by atoms with Crippen LogP contribution >= 0.6 is 0 Å². The van der Waals surface area contributed by atoms with Gasteiger partial charge in [-0.25, -0.2) is 0 Å². The maximum atomic E-state index is 12.3. The van der Waals surface area contributed by atoms with E-state index in [9.17, 15) is 4.79 Å². The van der Waals surface area contributed by atoms with Crippen molar-refractivity contribution in [2.75, 3.05) is 12.4 Å². The summed E-state index contributed by atoms with van der Waals surface area (Å²) in [6.07, 6.45) is 0.346. The molecule has 3 aromatic rings. The number of hydrogen-bond acceptors (Lipinski definition) is 2. The molecule has 0 fully saturated rings. The molecule has 0 aliphatic heterocycles. The van der Waals surface area contributed by atoms with Gasteiger partial charge in [-0.05, 0) is 28.5 Å². The first-order valence-electron chi connectivity index (χ1n) is 7.17. The number of fused-ring (bicyclic) bond motifs is 1. The van der Waals surface area contributed by atoms with E-state index in [0.717, 1.165) is 27.8 Å². The number of rotatable bonds is 4. The van der Waals surface area contributed by atoms with E-state index >= 15 is 0 Å². The van der Waals surface area contributed by atoms with Gasteiger partial charge in [0.1, 0.15) is 5.75 Å². The fraction of sp³-hybridized carbons (Fsp3) is 0.105. The molecule has 22 heavy (non-hydrogen) atoms. The summed E-state index contributed by atoms with van der Waals surface area (Å²) >= 11 is 0. The quantitative estimate of drug-likeness (QED) is 0.788. The molecule has 110 valence electrons. The highest BCUT2D eigenvalue weighted by Crippen LogP contribution is 2.20. The summed E-state index contributed by atoms with van der Waals surface area (Å²) in [4.78, 5) is 12.3. The molecule has 0 aliphatic rings. The number of carbonyl (C=O) groups excluding carboxylic acids is 1. The maximum Gasteiger partial charge on any atom is 0.228 e. The molecule has 3 rings (SSSR count). The van der Waals surface area contributed by atoms with Crippen molar-refractivity contribution >= 4 is 22.4 Å². The lowest BCUT2D eigenvalue weighted by atomic mass is 10.0. The number of amides is 1. The lowest BCUT2D eigenvalue weighted by Gasteiger charge is -2.09. The predicted octanol–water partition coefficient (Wildman–Crippen LogP) is 4.03. The molecule has 0 aliphatic carbocycles. The number of carbonyl (C=O) groups is 1. The molecule has 0 bridgehead atoms. The van der Waals surface area contributed by atoms with Gasteiger partial charge >= 0.3 is 0 Å². The van der Waals surface area contributed by atoms with Crippen LogP contribution in [0.25, 0.3) is 10.8 Å². The van der Waals surface area contributed by atoms with Gasteiger partial charge in [-0.2, -0.15) is 0 Å². The summed E-state index contributed by atoms with van der Waals surface area (Å²) in [6, 6.07) is 21.5. The van der Waals surface area contributed by atoms with Gasteiger partial charge in [0.15, 0.2) is 0 Å². The highest BCUT2D eigenvalue weighted by molar-refractivity contribution is 5.96. The van der Waals surface area contributed by atoms with Crippen LogP contribution in [0.4, 0.5) is 5.69 Å². The number of nitrogens with one attached hydrogen (secondary N) is 1. The van der Waals surface area contributed by atoms with Crippen molar-refractivity contribution in [1.82, 2.24) is 0 Å². The molecule has 0 aromatic heterocycles. The van der Waals surface area contributed by atoms with Crippen molar-refractivity contribution < 1.29 is 9.53 Å². The van der Waals surface area contributed by atoms with E-state index in [4.69, 9.17) is 4.74 Å². The molecule has 0 heterocycles. The van der Waals surface area contributed by atoms with Crippen LogP contribution in [0.1, 0.15) is 5.56 Å². The number of benzene rings is 3. The second-order valence-electron chi connectivity index (χ2n) is 5.10. The van der Waals surface area contributed by atoms with Gasteiger partial charge in [-0.3, -0.25) is 4.79 Å². The van der Waals surface area contributed by atoms with Gasteiger partial charge in [-0.15, -0.1) is 0 Å². The standard InChI is InChI=1S/C19H17NO2/c1-22-17-10-5-9-16(13-17)20-19(21)12-15-8-4-7-14-6-2-3-11-18(14)15/h2-11,13H,12H2,1H3,(H,20,21). The summed E-state index contributed by atoms with van der Waals surface area (Å²) in [6.45, 7) is 0. The molecule has 3 heteroatoms. The topological polar surface area (TPSA) is 38.3 Å². The number of methoxy groups -OCH3 is 1. The average molecular weight is 291 g/mol. The molecule has 0 radical (unpaired) electrons. The fourth-order valence-electron chi connectivity index (χ4n) is 2.53. The van der Waals surface area contributed by atoms with Crippen LogP contribution in [0.15, 0.2) is 66.7 Å². The maximum absolute atomic E-state index is 12.3. The van der Waals surface area contributed by atoms with E-state index in [1.807, 2.05) is 48.5 Å². The first-order valence-corrected chi connectivity index (χ1v) is 7.17. The van der Waals surface area contributed by atoms with E-state index < -0.39 is 0 Å². The van der Waals surface area contributed by atoms with Gasteiger partial charge in [0.05, 0.1) is 13.5 Å². The van der Waals surface area contributed by atoms with Crippen LogP contribution in [0.5, 0.6) is 5.75 Å². The third-order valence-corrected chi connectivity index (χ3v) is 3.58. The van der Waals surface area contributed by atoms with Crippen LogP contribution in [-0.4, -0.2) is 13.0 Å². The molecule has 1 N–H and O–H groups in total. The minimum Gasteiger partial charge on any atom is -0.497 e. The zero-order valence-corrected chi connectivity index (χ0v) is 12.4. The van der Waals surface area contributed by atoms with Crippen molar-refractivity contribution in [2.24, 2.45) is 0 Å². The molecule has 0 spiro atoms. The molecular weight excluding hydrogens is 274 g/mol. The lowest BCUT2D eigenvalue weighted by molar-refractivity contribution is -0.115. The van der Waals surface area contributed by atoms with Crippen molar-refractivity contribution in [3.05, 3.63) is 72.3 Å². The van der Waals surface area contributed by atoms with Crippen LogP contribution in [0.2, 0.25) is 0 Å². The van der Waals surface area contributed by atoms with Gasteiger partial charge < -0.3 is 10.1 Å². The van der Waals surface area contributed by atoms with Crippen LogP contribution < -0.4 is 10.1 Å². The minimum absolute atomic E-state index is 0.0374. The summed E-state index contributed by atoms with van der Waals surface area (Å²) in [5, 5.41) is 5.17. The fourth-order valence-corrected chi connectivity index (χ4v) is 2.53. The Bertz CT molecular complexity index is 806. The predicted molar refractivity (Wildman–Crippen MR) is 89.3 cm³/mol. The average Bonchev–Trinajstić information content (AvgIpc) is 2.55. The first kappa shape index (κ1) is 14.1. The number of anilines is 1. The number of ether oxygens (including phenoxy) is 1. The molecular formula is C19H17NO2. The minimum atomic E-state index is -0.0374. The summed E-state index contributed by atoms with van der Waals surface area (Å²) in [7, 11) is 1.61.